The van der Waals surface area contributed by atoms with Crippen molar-refractivity contribution in [1.82, 2.24) is 0 Å². The fraction of sp³-hybridized carbons (Fsp3) is 0.333. The van der Waals surface area contributed by atoms with Gasteiger partial charge in [0, 0.05) is 5.69 Å². The quantitative estimate of drug-likeness (QED) is 0.672. The number of aryl methyl sites for hydroxylation is 1. The third-order valence-electron chi connectivity index (χ3n) is 1.58. The Labute approximate surface area is 66.8 Å². The standard InChI is InChI=1S/C9H12NO/c1-2-4-8-5-3-6-9(7-8)10-11/h3,5-7,10H,2,4H2,1H3/q-1. The van der Waals surface area contributed by atoms with Gasteiger partial charge in [-0.25, -0.2) is 0 Å². The van der Waals surface area contributed by atoms with Crippen LogP contribution in [0.5, 0.6) is 0 Å². The molecule has 0 fully saturated rings. The van der Waals surface area contributed by atoms with Gasteiger partial charge in [0.15, 0.2) is 0 Å². The molecule has 1 aromatic rings. The smallest absolute Gasteiger partial charge is 0.0235 e. The second-order valence-electron chi connectivity index (χ2n) is 2.55. The predicted octanol–water partition coefficient (Wildman–Crippen LogP) is 2.55. The molecule has 1 rings (SSSR count). The molecule has 0 aliphatic carbocycles. The van der Waals surface area contributed by atoms with Crippen LogP contribution in [0.15, 0.2) is 24.3 Å². The Morgan fingerprint density at radius 1 is 1.45 bits per heavy atom. The van der Waals surface area contributed by atoms with Crippen LogP contribution in [0.3, 0.4) is 0 Å². The third-order valence-corrected chi connectivity index (χ3v) is 1.58. The molecule has 0 aromatic heterocycles. The van der Waals surface area contributed by atoms with Crippen molar-refractivity contribution in [2.45, 2.75) is 19.8 Å². The predicted molar refractivity (Wildman–Crippen MR) is 47.4 cm³/mol. The molecule has 2 nitrogen and oxygen atoms in total. The van der Waals surface area contributed by atoms with Crippen LogP contribution in [0.1, 0.15) is 18.9 Å². The van der Waals surface area contributed by atoms with Crippen molar-refractivity contribution in [3.63, 3.8) is 0 Å². The molecule has 0 heterocycles. The Kier molecular flexibility index (Phi) is 2.93. The monoisotopic (exact) mass is 150 g/mol. The van der Waals surface area contributed by atoms with Gasteiger partial charge in [-0.3, -0.25) is 0 Å². The summed E-state index contributed by atoms with van der Waals surface area (Å²) in [5, 5.41) is 10.2. The molecule has 0 radical (unpaired) electrons. The minimum Gasteiger partial charge on any atom is -0.761 e. The van der Waals surface area contributed by atoms with Gasteiger partial charge >= 0.3 is 0 Å². The second-order valence-corrected chi connectivity index (χ2v) is 2.55. The van der Waals surface area contributed by atoms with E-state index in [4.69, 9.17) is 0 Å². The first kappa shape index (κ1) is 8.08. The number of benzene rings is 1. The summed E-state index contributed by atoms with van der Waals surface area (Å²) in [4.78, 5) is 0. The van der Waals surface area contributed by atoms with Crippen LogP contribution in [-0.2, 0) is 6.42 Å². The number of anilines is 1. The van der Waals surface area contributed by atoms with Crippen molar-refractivity contribution >= 4 is 5.69 Å². The minimum absolute atomic E-state index is 0.649. The molecule has 11 heavy (non-hydrogen) atoms. The zero-order valence-corrected chi connectivity index (χ0v) is 6.63. The highest BCUT2D eigenvalue weighted by Gasteiger charge is 1.90. The van der Waals surface area contributed by atoms with Gasteiger partial charge in [0.2, 0.25) is 0 Å². The highest BCUT2D eigenvalue weighted by molar-refractivity contribution is 5.46. The lowest BCUT2D eigenvalue weighted by molar-refractivity contribution is 0.922. The fourth-order valence-electron chi connectivity index (χ4n) is 1.08. The van der Waals surface area contributed by atoms with Crippen molar-refractivity contribution in [3.05, 3.63) is 35.0 Å². The molecule has 2 heteroatoms. The first-order valence-electron chi connectivity index (χ1n) is 3.84. The second kappa shape index (κ2) is 3.98. The number of hydrogen-bond donors (Lipinski definition) is 1. The summed E-state index contributed by atoms with van der Waals surface area (Å²) in [5.41, 5.74) is 3.74. The molecule has 0 aliphatic rings. The highest BCUT2D eigenvalue weighted by atomic mass is 16.5. The van der Waals surface area contributed by atoms with Crippen LogP contribution in [0, 0.1) is 5.21 Å². The molecule has 60 valence electrons. The lowest BCUT2D eigenvalue weighted by Gasteiger charge is -2.09. The molecule has 0 unspecified atom stereocenters. The summed E-state index contributed by atoms with van der Waals surface area (Å²) in [6.45, 7) is 2.12. The average molecular weight is 150 g/mol. The molecule has 0 saturated carbocycles. The lowest BCUT2D eigenvalue weighted by atomic mass is 10.1. The molecule has 0 aliphatic heterocycles. The number of rotatable bonds is 3. The highest BCUT2D eigenvalue weighted by Crippen LogP contribution is 2.10. The van der Waals surface area contributed by atoms with Crippen molar-refractivity contribution in [3.8, 4) is 0 Å². The number of nitrogens with one attached hydrogen (secondary N) is 1. The lowest BCUT2D eigenvalue weighted by Crippen LogP contribution is -1.87. The molecular weight excluding hydrogens is 138 g/mol. The summed E-state index contributed by atoms with van der Waals surface area (Å²) in [5.74, 6) is 0. The van der Waals surface area contributed by atoms with Gasteiger partial charge in [0.25, 0.3) is 0 Å². The van der Waals surface area contributed by atoms with Gasteiger partial charge in [-0.05, 0) is 24.1 Å². The van der Waals surface area contributed by atoms with Crippen LogP contribution >= 0.6 is 0 Å². The van der Waals surface area contributed by atoms with E-state index in [-0.39, 0.29) is 0 Å². The van der Waals surface area contributed by atoms with E-state index in [1.165, 1.54) is 5.56 Å². The minimum atomic E-state index is 0.649. The Bertz CT molecular complexity index is 223. The maximum Gasteiger partial charge on any atom is 0.0235 e. The largest absolute Gasteiger partial charge is 0.761 e. The Balaban J connectivity index is 2.74. The third kappa shape index (κ3) is 2.24. The van der Waals surface area contributed by atoms with E-state index < -0.39 is 0 Å². The zero-order chi connectivity index (χ0) is 8.10. The maximum atomic E-state index is 10.2. The SMILES string of the molecule is CCCc1cccc(N[O-])c1. The average Bonchev–Trinajstić information content (AvgIpc) is 2.06. The molecular formula is C9H12NO-. The summed E-state index contributed by atoms with van der Waals surface area (Å²) in [6.07, 6.45) is 2.15. The Hall–Kier alpha value is -1.02. The molecule has 0 amide bonds. The summed E-state index contributed by atoms with van der Waals surface area (Å²) in [6, 6.07) is 7.58. The molecule has 1 N–H and O–H groups in total. The van der Waals surface area contributed by atoms with E-state index in [9.17, 15) is 5.21 Å². The van der Waals surface area contributed by atoms with Crippen molar-refractivity contribution < 1.29 is 0 Å². The van der Waals surface area contributed by atoms with E-state index in [2.05, 4.69) is 6.92 Å². The van der Waals surface area contributed by atoms with Crippen LogP contribution < -0.4 is 5.48 Å². The van der Waals surface area contributed by atoms with Gasteiger partial charge in [-0.1, -0.05) is 25.5 Å². The summed E-state index contributed by atoms with van der Waals surface area (Å²) < 4.78 is 0. The van der Waals surface area contributed by atoms with Gasteiger partial charge in [0.1, 0.15) is 0 Å². The van der Waals surface area contributed by atoms with Gasteiger partial charge < -0.3 is 10.7 Å². The topological polar surface area (TPSA) is 35.1 Å². The van der Waals surface area contributed by atoms with E-state index >= 15 is 0 Å². The van der Waals surface area contributed by atoms with Crippen molar-refractivity contribution in [1.29, 1.82) is 0 Å². The van der Waals surface area contributed by atoms with Crippen LogP contribution in [-0.4, -0.2) is 0 Å². The first-order chi connectivity index (χ1) is 5.36. The maximum absolute atomic E-state index is 10.2. The fourth-order valence-corrected chi connectivity index (χ4v) is 1.08. The van der Waals surface area contributed by atoms with Gasteiger partial charge in [-0.15, -0.1) is 0 Å². The van der Waals surface area contributed by atoms with E-state index in [1.807, 2.05) is 23.7 Å². The van der Waals surface area contributed by atoms with Gasteiger partial charge in [-0.2, -0.15) is 0 Å². The molecule has 0 saturated heterocycles. The van der Waals surface area contributed by atoms with Crippen LogP contribution in [0.25, 0.3) is 0 Å². The van der Waals surface area contributed by atoms with Crippen LogP contribution in [0.2, 0.25) is 0 Å². The van der Waals surface area contributed by atoms with E-state index in [0.717, 1.165) is 12.8 Å². The number of hydrogen-bond acceptors (Lipinski definition) is 2. The summed E-state index contributed by atoms with van der Waals surface area (Å²) in [7, 11) is 0. The van der Waals surface area contributed by atoms with E-state index in [1.54, 1.807) is 6.07 Å². The molecule has 0 bridgehead atoms. The molecule has 1 aromatic carbocycles. The normalized spacial score (nSPS) is 9.64. The van der Waals surface area contributed by atoms with Gasteiger partial charge in [0.05, 0.1) is 0 Å². The van der Waals surface area contributed by atoms with E-state index in [0.29, 0.717) is 5.69 Å². The van der Waals surface area contributed by atoms with Crippen molar-refractivity contribution in [2.24, 2.45) is 0 Å². The van der Waals surface area contributed by atoms with Crippen molar-refractivity contribution in [2.75, 3.05) is 5.48 Å². The zero-order valence-electron chi connectivity index (χ0n) is 6.63. The van der Waals surface area contributed by atoms with Crippen LogP contribution in [0.4, 0.5) is 5.69 Å². The Morgan fingerprint density at radius 3 is 2.91 bits per heavy atom. The summed E-state index contributed by atoms with van der Waals surface area (Å²) >= 11 is 0. The Morgan fingerprint density at radius 2 is 2.27 bits per heavy atom. The molecule has 0 spiro atoms. The molecule has 0 atom stereocenters. The first-order valence-corrected chi connectivity index (χ1v) is 3.84.